The molecular weight excluding hydrogens is 671 g/mol. The molecule has 6 N–H and O–H groups in total. The standard InChI is InChI=1S/C30H41N5O6S.C2HF3O2/c1-19-9-13-23(42(38,39)35-22-11-12-22)18-24(19)32-29(37)25(15-20-7-5-4-6-8-20)33-30(31)34-28(36)17-21-10-14-26(40-2)27(16-21)41-3;3-2(4,5)1(6)7/h9-10,13-14,16,18,20,22,25,35H,4-8,11-12,15,17H2,1-3H3,(H,32,37)(H3,31,33,34,36);(H,6,7)/t25-;/m1./s1. The number of sulfonamides is 1. The quantitative estimate of drug-likeness (QED) is 0.159. The molecule has 2 fully saturated rings. The average molecular weight is 714 g/mol. The van der Waals surface area contributed by atoms with Gasteiger partial charge in [0, 0.05) is 11.7 Å². The Balaban J connectivity index is 0.000000838. The number of nitrogens with one attached hydrogen (secondary N) is 3. The first-order valence-corrected chi connectivity index (χ1v) is 17.1. The van der Waals surface area contributed by atoms with E-state index < -0.39 is 40.0 Å². The monoisotopic (exact) mass is 713 g/mol. The van der Waals surface area contributed by atoms with Crippen molar-refractivity contribution in [1.82, 2.24) is 10.0 Å². The molecule has 2 saturated carbocycles. The topological polar surface area (TPSA) is 199 Å². The van der Waals surface area contributed by atoms with Gasteiger partial charge in [0.25, 0.3) is 0 Å². The van der Waals surface area contributed by atoms with Gasteiger partial charge in [0.15, 0.2) is 17.5 Å². The van der Waals surface area contributed by atoms with Crippen molar-refractivity contribution in [3.05, 3.63) is 47.5 Å². The lowest BCUT2D eigenvalue weighted by molar-refractivity contribution is -0.192. The fourth-order valence-corrected chi connectivity index (χ4v) is 6.46. The number of alkyl halides is 3. The number of guanidine groups is 1. The molecule has 17 heteroatoms. The number of ether oxygens (including phenoxy) is 2. The zero-order chi connectivity index (χ0) is 36.4. The summed E-state index contributed by atoms with van der Waals surface area (Å²) in [7, 11) is -0.638. The minimum absolute atomic E-state index is 0.0193. The first-order chi connectivity index (χ1) is 23.0. The first kappa shape index (κ1) is 39.1. The number of carbonyl (C=O) groups excluding carboxylic acids is 2. The van der Waals surface area contributed by atoms with E-state index in [1.807, 2.05) is 0 Å². The van der Waals surface area contributed by atoms with E-state index in [9.17, 15) is 31.2 Å². The first-order valence-electron chi connectivity index (χ1n) is 15.6. The Hall–Kier alpha value is -4.38. The number of anilines is 1. The van der Waals surface area contributed by atoms with E-state index in [0.29, 0.717) is 40.7 Å². The number of carboxylic acid groups (broad SMARTS) is 1. The number of hydrogen-bond donors (Lipinski definition) is 5. The summed E-state index contributed by atoms with van der Waals surface area (Å²) in [5.74, 6) is -2.36. The summed E-state index contributed by atoms with van der Waals surface area (Å²) in [4.78, 5) is 39.7. The van der Waals surface area contributed by atoms with Crippen LogP contribution >= 0.6 is 0 Å². The van der Waals surface area contributed by atoms with E-state index in [-0.39, 0.29) is 23.3 Å². The van der Waals surface area contributed by atoms with Crippen molar-refractivity contribution in [1.29, 1.82) is 0 Å². The molecule has 2 aromatic carbocycles. The molecular formula is C32H42F3N5O8S. The number of nitrogens with zero attached hydrogens (tertiary/aromatic N) is 1. The van der Waals surface area contributed by atoms with Crippen molar-refractivity contribution in [2.75, 3.05) is 19.5 Å². The molecule has 0 saturated heterocycles. The van der Waals surface area contributed by atoms with Crippen molar-refractivity contribution < 1.29 is 50.6 Å². The van der Waals surface area contributed by atoms with Crippen molar-refractivity contribution in [2.24, 2.45) is 16.6 Å². The molecule has 0 spiro atoms. The number of aliphatic imine (C=N–C) groups is 1. The number of methoxy groups -OCH3 is 2. The highest BCUT2D eigenvalue weighted by atomic mass is 32.2. The Morgan fingerprint density at radius 2 is 1.63 bits per heavy atom. The lowest BCUT2D eigenvalue weighted by Crippen LogP contribution is -2.40. The van der Waals surface area contributed by atoms with Crippen molar-refractivity contribution in [3.8, 4) is 11.5 Å². The van der Waals surface area contributed by atoms with E-state index in [1.165, 1.54) is 32.8 Å². The van der Waals surface area contributed by atoms with E-state index >= 15 is 0 Å². The van der Waals surface area contributed by atoms with Crippen LogP contribution < -0.4 is 30.6 Å². The number of halogens is 3. The number of aliphatic carboxylic acids is 1. The van der Waals surface area contributed by atoms with Gasteiger partial charge in [-0.2, -0.15) is 13.2 Å². The number of amides is 2. The van der Waals surface area contributed by atoms with Gasteiger partial charge in [0.05, 0.1) is 25.5 Å². The third-order valence-corrected chi connectivity index (χ3v) is 9.40. The number of carboxylic acids is 1. The van der Waals surface area contributed by atoms with Gasteiger partial charge in [-0.05, 0) is 67.5 Å². The summed E-state index contributed by atoms with van der Waals surface area (Å²) in [6.45, 7) is 1.79. The molecule has 0 unspecified atom stereocenters. The van der Waals surface area contributed by atoms with Crippen LogP contribution in [0.3, 0.4) is 0 Å². The smallest absolute Gasteiger partial charge is 0.490 e. The average Bonchev–Trinajstić information content (AvgIpc) is 3.85. The predicted molar refractivity (Wildman–Crippen MR) is 175 cm³/mol. The second kappa shape index (κ2) is 17.3. The summed E-state index contributed by atoms with van der Waals surface area (Å²) in [5, 5.41) is 12.6. The van der Waals surface area contributed by atoms with Gasteiger partial charge in [-0.1, -0.05) is 44.2 Å². The summed E-state index contributed by atoms with van der Waals surface area (Å²) < 4.78 is 70.5. The molecule has 2 amide bonds. The second-order valence-corrected chi connectivity index (χ2v) is 13.6. The molecule has 2 aliphatic rings. The number of hydrogen-bond acceptors (Lipinski definition) is 8. The molecule has 13 nitrogen and oxygen atoms in total. The highest BCUT2D eigenvalue weighted by Crippen LogP contribution is 2.30. The van der Waals surface area contributed by atoms with Crippen LogP contribution in [0.15, 0.2) is 46.3 Å². The fourth-order valence-electron chi connectivity index (χ4n) is 5.13. The predicted octanol–water partition coefficient (Wildman–Crippen LogP) is 4.04. The molecule has 2 aliphatic carbocycles. The molecule has 49 heavy (non-hydrogen) atoms. The van der Waals surface area contributed by atoms with Crippen molar-refractivity contribution >= 4 is 39.5 Å². The Kier molecular flexibility index (Phi) is 13.8. The van der Waals surface area contributed by atoms with Gasteiger partial charge in [0.1, 0.15) is 6.04 Å². The van der Waals surface area contributed by atoms with E-state index in [4.69, 9.17) is 25.1 Å². The summed E-state index contributed by atoms with van der Waals surface area (Å²) in [6, 6.07) is 8.94. The Morgan fingerprint density at radius 3 is 2.20 bits per heavy atom. The SMILES string of the molecule is COc1ccc(CC(=O)NC(N)=N[C@H](CC2CCCCC2)C(=O)Nc2cc(S(=O)(=O)NC3CC3)ccc2C)cc1OC.O=C(O)C(F)(F)F. The summed E-state index contributed by atoms with van der Waals surface area (Å²) >= 11 is 0. The van der Waals surface area contributed by atoms with Crippen LogP contribution in [0, 0.1) is 12.8 Å². The van der Waals surface area contributed by atoms with Gasteiger partial charge in [0.2, 0.25) is 21.8 Å². The van der Waals surface area contributed by atoms with E-state index in [2.05, 4.69) is 20.3 Å². The Morgan fingerprint density at radius 1 is 1.00 bits per heavy atom. The normalized spacial score (nSPS) is 16.1. The lowest BCUT2D eigenvalue weighted by Gasteiger charge is -2.25. The van der Waals surface area contributed by atoms with Crippen molar-refractivity contribution in [3.63, 3.8) is 0 Å². The number of nitrogens with two attached hydrogens (primary N) is 1. The molecule has 0 aliphatic heterocycles. The Bertz CT molecular complexity index is 1620. The van der Waals surface area contributed by atoms with Crippen LogP contribution in [-0.2, 0) is 30.8 Å². The van der Waals surface area contributed by atoms with Gasteiger partial charge in [-0.3, -0.25) is 14.9 Å². The molecule has 2 aromatic rings. The maximum absolute atomic E-state index is 13.6. The molecule has 270 valence electrons. The fraction of sp³-hybridized carbons (Fsp3) is 0.500. The third kappa shape index (κ3) is 12.5. The molecule has 0 heterocycles. The summed E-state index contributed by atoms with van der Waals surface area (Å²) in [6.07, 6.45) is 2.38. The summed E-state index contributed by atoms with van der Waals surface area (Å²) in [5.41, 5.74) is 7.93. The third-order valence-electron chi connectivity index (χ3n) is 7.88. The van der Waals surface area contributed by atoms with Crippen LogP contribution in [-0.4, -0.2) is 69.7 Å². The van der Waals surface area contributed by atoms with Gasteiger partial charge in [-0.15, -0.1) is 0 Å². The number of benzene rings is 2. The lowest BCUT2D eigenvalue weighted by atomic mass is 9.84. The minimum Gasteiger partial charge on any atom is -0.493 e. The zero-order valence-electron chi connectivity index (χ0n) is 27.4. The number of carbonyl (C=O) groups is 3. The van der Waals surface area contributed by atoms with Crippen LogP contribution in [0.2, 0.25) is 0 Å². The highest BCUT2D eigenvalue weighted by Gasteiger charge is 2.38. The molecule has 1 atom stereocenters. The van der Waals surface area contributed by atoms with Crippen LogP contribution in [0.25, 0.3) is 0 Å². The zero-order valence-corrected chi connectivity index (χ0v) is 28.2. The van der Waals surface area contributed by atoms with Gasteiger partial charge in [-0.25, -0.2) is 22.9 Å². The highest BCUT2D eigenvalue weighted by molar-refractivity contribution is 7.89. The van der Waals surface area contributed by atoms with Crippen LogP contribution in [0.4, 0.5) is 18.9 Å². The number of aryl methyl sites for hydroxylation is 1. The van der Waals surface area contributed by atoms with Gasteiger partial charge >= 0.3 is 12.1 Å². The van der Waals surface area contributed by atoms with E-state index in [1.54, 1.807) is 31.2 Å². The van der Waals surface area contributed by atoms with Crippen LogP contribution in [0.5, 0.6) is 11.5 Å². The van der Waals surface area contributed by atoms with Gasteiger partial charge < -0.3 is 25.6 Å². The molecule has 0 radical (unpaired) electrons. The van der Waals surface area contributed by atoms with Crippen molar-refractivity contribution in [2.45, 2.75) is 87.9 Å². The van der Waals surface area contributed by atoms with E-state index in [0.717, 1.165) is 38.5 Å². The molecule has 4 rings (SSSR count). The van der Waals surface area contributed by atoms with Crippen LogP contribution in [0.1, 0.15) is 62.5 Å². The second-order valence-electron chi connectivity index (χ2n) is 11.8. The number of rotatable bonds is 12. The Labute approximate surface area is 282 Å². The minimum atomic E-state index is -5.08. The molecule has 0 bridgehead atoms. The maximum Gasteiger partial charge on any atom is 0.490 e. The molecule has 0 aromatic heterocycles. The largest absolute Gasteiger partial charge is 0.493 e. The maximum atomic E-state index is 13.6.